The smallest absolute Gasteiger partial charge is 0.151 e. The Hall–Kier alpha value is -0.950. The van der Waals surface area contributed by atoms with Gasteiger partial charge in [-0.1, -0.05) is 11.6 Å². The summed E-state index contributed by atoms with van der Waals surface area (Å²) in [5, 5.41) is 11.0. The zero-order chi connectivity index (χ0) is 15.0. The number of β-amino-alcohol motifs (C(OH)–C–C–N with tert-alkyl or cyclic N) is 1. The number of nitrogens with zero attached hydrogens (tertiary/aromatic N) is 5. The van der Waals surface area contributed by atoms with E-state index in [1.54, 1.807) is 6.20 Å². The standard InChI is InChI=1S/C14H22ClN5O/c1-10-16-7-11(15)14(17-10)20-8-12(13(21)9-20)19-5-3-18(2)4-6-19/h7,12-13,21H,3-6,8-9H2,1-2H3/t12-,13-/m0/s1. The maximum absolute atomic E-state index is 10.4. The molecule has 0 radical (unpaired) electrons. The predicted molar refractivity (Wildman–Crippen MR) is 82.9 cm³/mol. The van der Waals surface area contributed by atoms with Crippen molar-refractivity contribution in [3.63, 3.8) is 0 Å². The van der Waals surface area contributed by atoms with Gasteiger partial charge < -0.3 is 14.9 Å². The second-order valence-electron chi connectivity index (χ2n) is 5.97. The number of likely N-dealkylation sites (N-methyl/N-ethyl adjacent to an activating group) is 1. The minimum Gasteiger partial charge on any atom is -0.390 e. The monoisotopic (exact) mass is 311 g/mol. The summed E-state index contributed by atoms with van der Waals surface area (Å²) in [4.78, 5) is 15.3. The van der Waals surface area contributed by atoms with Crippen molar-refractivity contribution in [1.82, 2.24) is 19.8 Å². The Bertz CT molecular complexity index is 506. The molecule has 3 rings (SSSR count). The van der Waals surface area contributed by atoms with Crippen molar-refractivity contribution in [3.05, 3.63) is 17.0 Å². The van der Waals surface area contributed by atoms with E-state index in [2.05, 4.69) is 31.7 Å². The molecule has 2 fully saturated rings. The lowest BCUT2D eigenvalue weighted by molar-refractivity contribution is 0.0512. The number of halogens is 1. The second-order valence-corrected chi connectivity index (χ2v) is 6.37. The first-order valence-electron chi connectivity index (χ1n) is 7.39. The van der Waals surface area contributed by atoms with Crippen LogP contribution in [-0.4, -0.2) is 83.3 Å². The third-order valence-corrected chi connectivity index (χ3v) is 4.68. The van der Waals surface area contributed by atoms with Gasteiger partial charge in [-0.05, 0) is 14.0 Å². The molecule has 0 aliphatic carbocycles. The average Bonchev–Trinajstić information content (AvgIpc) is 2.84. The van der Waals surface area contributed by atoms with Crippen molar-refractivity contribution in [2.24, 2.45) is 0 Å². The molecule has 2 aliphatic rings. The lowest BCUT2D eigenvalue weighted by atomic mass is 10.1. The van der Waals surface area contributed by atoms with Crippen LogP contribution in [0.25, 0.3) is 0 Å². The number of piperazine rings is 1. The molecule has 7 heteroatoms. The first-order chi connectivity index (χ1) is 10.0. The zero-order valence-electron chi connectivity index (χ0n) is 12.5. The van der Waals surface area contributed by atoms with Gasteiger partial charge in [-0.3, -0.25) is 4.90 Å². The van der Waals surface area contributed by atoms with E-state index >= 15 is 0 Å². The Labute approximate surface area is 130 Å². The highest BCUT2D eigenvalue weighted by Crippen LogP contribution is 2.28. The number of hydrogen-bond donors (Lipinski definition) is 1. The molecule has 0 amide bonds. The normalized spacial score (nSPS) is 28.3. The molecule has 21 heavy (non-hydrogen) atoms. The van der Waals surface area contributed by atoms with Gasteiger partial charge in [0.25, 0.3) is 0 Å². The van der Waals surface area contributed by atoms with Crippen LogP contribution in [0.15, 0.2) is 6.20 Å². The summed E-state index contributed by atoms with van der Waals surface area (Å²) < 4.78 is 0. The average molecular weight is 312 g/mol. The highest BCUT2D eigenvalue weighted by molar-refractivity contribution is 6.32. The number of hydrogen-bond acceptors (Lipinski definition) is 6. The lowest BCUT2D eigenvalue weighted by Crippen LogP contribution is -2.52. The van der Waals surface area contributed by atoms with Crippen molar-refractivity contribution in [2.75, 3.05) is 51.2 Å². The molecule has 0 bridgehead atoms. The molecule has 2 aliphatic heterocycles. The Morgan fingerprint density at radius 3 is 2.67 bits per heavy atom. The third kappa shape index (κ3) is 3.13. The van der Waals surface area contributed by atoms with Gasteiger partial charge in [-0.2, -0.15) is 0 Å². The van der Waals surface area contributed by atoms with E-state index in [-0.39, 0.29) is 12.1 Å². The second kappa shape index (κ2) is 6.04. The van der Waals surface area contributed by atoms with Gasteiger partial charge in [0.2, 0.25) is 0 Å². The molecular weight excluding hydrogens is 290 g/mol. The quantitative estimate of drug-likeness (QED) is 0.844. The van der Waals surface area contributed by atoms with Crippen LogP contribution in [0.5, 0.6) is 0 Å². The maximum atomic E-state index is 10.4. The molecule has 0 saturated carbocycles. The van der Waals surface area contributed by atoms with Gasteiger partial charge in [0, 0.05) is 39.3 Å². The van der Waals surface area contributed by atoms with Gasteiger partial charge >= 0.3 is 0 Å². The molecule has 0 spiro atoms. The van der Waals surface area contributed by atoms with Gasteiger partial charge in [-0.25, -0.2) is 9.97 Å². The van der Waals surface area contributed by atoms with E-state index in [4.69, 9.17) is 11.6 Å². The first kappa shape index (κ1) is 15.0. The first-order valence-corrected chi connectivity index (χ1v) is 7.77. The Kier molecular flexibility index (Phi) is 4.31. The fraction of sp³-hybridized carbons (Fsp3) is 0.714. The summed E-state index contributed by atoms with van der Waals surface area (Å²) in [5.74, 6) is 1.44. The molecule has 2 saturated heterocycles. The number of aryl methyl sites for hydroxylation is 1. The van der Waals surface area contributed by atoms with Gasteiger partial charge in [0.15, 0.2) is 5.82 Å². The summed E-state index contributed by atoms with van der Waals surface area (Å²) in [6, 6.07) is 0.157. The van der Waals surface area contributed by atoms with Crippen molar-refractivity contribution in [2.45, 2.75) is 19.1 Å². The topological polar surface area (TPSA) is 55.7 Å². The minimum atomic E-state index is -0.361. The Morgan fingerprint density at radius 2 is 1.95 bits per heavy atom. The predicted octanol–water partition coefficient (Wildman–Crippen LogP) is 0.235. The van der Waals surface area contributed by atoms with Crippen LogP contribution < -0.4 is 4.90 Å². The van der Waals surface area contributed by atoms with Crippen LogP contribution in [0.4, 0.5) is 5.82 Å². The molecule has 3 heterocycles. The van der Waals surface area contributed by atoms with Crippen LogP contribution in [0.3, 0.4) is 0 Å². The van der Waals surface area contributed by atoms with Crippen LogP contribution in [0.2, 0.25) is 5.02 Å². The van der Waals surface area contributed by atoms with Crippen molar-refractivity contribution in [3.8, 4) is 0 Å². The van der Waals surface area contributed by atoms with Crippen LogP contribution in [-0.2, 0) is 0 Å². The van der Waals surface area contributed by atoms with Gasteiger partial charge in [0.05, 0.1) is 18.3 Å². The fourth-order valence-electron chi connectivity index (χ4n) is 3.12. The van der Waals surface area contributed by atoms with E-state index in [1.165, 1.54) is 0 Å². The fourth-order valence-corrected chi connectivity index (χ4v) is 3.33. The zero-order valence-corrected chi connectivity index (χ0v) is 13.3. The number of aliphatic hydroxyl groups is 1. The van der Waals surface area contributed by atoms with E-state index in [0.717, 1.165) is 38.5 Å². The number of aliphatic hydroxyl groups excluding tert-OH is 1. The number of aromatic nitrogens is 2. The Balaban J connectivity index is 1.72. The van der Waals surface area contributed by atoms with E-state index in [0.29, 0.717) is 17.4 Å². The van der Waals surface area contributed by atoms with E-state index < -0.39 is 0 Å². The van der Waals surface area contributed by atoms with Gasteiger partial charge in [0.1, 0.15) is 10.8 Å². The summed E-state index contributed by atoms with van der Waals surface area (Å²) in [6.45, 7) is 7.30. The van der Waals surface area contributed by atoms with E-state index in [1.807, 2.05) is 6.92 Å². The maximum Gasteiger partial charge on any atom is 0.151 e. The molecule has 0 aromatic carbocycles. The van der Waals surface area contributed by atoms with Crippen LogP contribution >= 0.6 is 11.6 Å². The molecule has 2 atom stereocenters. The van der Waals surface area contributed by atoms with E-state index in [9.17, 15) is 5.11 Å². The molecule has 1 aromatic rings. The molecule has 1 N–H and O–H groups in total. The molecule has 116 valence electrons. The minimum absolute atomic E-state index is 0.157. The number of rotatable bonds is 2. The SMILES string of the molecule is Cc1ncc(Cl)c(N2C[C@H](O)[C@@H](N3CCN(C)CC3)C2)n1. The molecule has 6 nitrogen and oxygen atoms in total. The van der Waals surface area contributed by atoms with Crippen LogP contribution in [0, 0.1) is 6.92 Å². The third-order valence-electron chi connectivity index (χ3n) is 4.41. The summed E-state index contributed by atoms with van der Waals surface area (Å²) in [7, 11) is 2.14. The number of anilines is 1. The van der Waals surface area contributed by atoms with Crippen molar-refractivity contribution >= 4 is 17.4 Å². The highest BCUT2D eigenvalue weighted by Gasteiger charge is 2.37. The molecule has 1 aromatic heterocycles. The Morgan fingerprint density at radius 1 is 1.24 bits per heavy atom. The van der Waals surface area contributed by atoms with Crippen molar-refractivity contribution in [1.29, 1.82) is 0 Å². The van der Waals surface area contributed by atoms with Crippen molar-refractivity contribution < 1.29 is 5.11 Å². The molecule has 0 unspecified atom stereocenters. The summed E-state index contributed by atoms with van der Waals surface area (Å²) in [5.41, 5.74) is 0. The largest absolute Gasteiger partial charge is 0.390 e. The summed E-state index contributed by atoms with van der Waals surface area (Å²) >= 11 is 6.21. The molecular formula is C14H22ClN5O. The van der Waals surface area contributed by atoms with Gasteiger partial charge in [-0.15, -0.1) is 0 Å². The summed E-state index contributed by atoms with van der Waals surface area (Å²) in [6.07, 6.45) is 1.27. The highest BCUT2D eigenvalue weighted by atomic mass is 35.5. The van der Waals surface area contributed by atoms with Crippen LogP contribution in [0.1, 0.15) is 5.82 Å². The lowest BCUT2D eigenvalue weighted by Gasteiger charge is -2.37.